The van der Waals surface area contributed by atoms with E-state index in [1.54, 1.807) is 19.4 Å². The molecule has 0 radical (unpaired) electrons. The molecule has 2 aromatic carbocycles. The molecule has 0 unspecified atom stereocenters. The van der Waals surface area contributed by atoms with Crippen LogP contribution in [0.2, 0.25) is 0 Å². The van der Waals surface area contributed by atoms with Crippen molar-refractivity contribution in [3.05, 3.63) is 62.4 Å². The number of aromatic hydroxyl groups is 2. The Balaban J connectivity index is 1.65. The number of thiazole rings is 1. The second kappa shape index (κ2) is 7.53. The molecule has 0 bridgehead atoms. The van der Waals surface area contributed by atoms with Gasteiger partial charge in [0, 0.05) is 22.9 Å². The number of hydrogen-bond acceptors (Lipinski definition) is 7. The van der Waals surface area contributed by atoms with E-state index in [4.69, 9.17) is 17.0 Å². The van der Waals surface area contributed by atoms with E-state index in [0.717, 1.165) is 32.8 Å². The van der Waals surface area contributed by atoms with Crippen molar-refractivity contribution >= 4 is 53.0 Å². The third kappa shape index (κ3) is 3.65. The molecule has 1 aliphatic heterocycles. The van der Waals surface area contributed by atoms with Crippen molar-refractivity contribution in [1.29, 1.82) is 0 Å². The van der Waals surface area contributed by atoms with Crippen LogP contribution in [0.3, 0.4) is 0 Å². The molecule has 2 heterocycles. The Hall–Kier alpha value is -3.43. The van der Waals surface area contributed by atoms with Gasteiger partial charge in [-0.05, 0) is 60.8 Å². The normalized spacial score (nSPS) is 13.5. The summed E-state index contributed by atoms with van der Waals surface area (Å²) in [6.07, 6.45) is 3.46. The van der Waals surface area contributed by atoms with Gasteiger partial charge in [0.05, 0.1) is 17.7 Å². The van der Waals surface area contributed by atoms with Crippen molar-refractivity contribution in [3.63, 3.8) is 0 Å². The first-order valence-electron chi connectivity index (χ1n) is 8.45. The van der Waals surface area contributed by atoms with Gasteiger partial charge in [0.25, 0.3) is 5.91 Å². The van der Waals surface area contributed by atoms with Crippen molar-refractivity contribution in [3.8, 4) is 17.4 Å². The highest BCUT2D eigenvalue weighted by Crippen LogP contribution is 2.37. The molecule has 3 N–H and O–H groups in total. The number of nitrogens with zero attached hydrogens (tertiary/aromatic N) is 2. The van der Waals surface area contributed by atoms with Gasteiger partial charge in [-0.25, -0.2) is 0 Å². The number of amides is 1. The smallest absolute Gasteiger partial charge is 0.270 e. The van der Waals surface area contributed by atoms with Gasteiger partial charge in [-0.1, -0.05) is 11.3 Å². The lowest BCUT2D eigenvalue weighted by molar-refractivity contribution is 0.101. The number of carbonyl (C=O) groups excluding carboxylic acids is 1. The molecular weight excluding hydrogens is 410 g/mol. The Morgan fingerprint density at radius 2 is 2.00 bits per heavy atom. The molecule has 0 atom stereocenters. The number of methoxy groups -OCH3 is 1. The Morgan fingerprint density at radius 1 is 1.24 bits per heavy atom. The van der Waals surface area contributed by atoms with Crippen LogP contribution in [0.25, 0.3) is 11.6 Å². The van der Waals surface area contributed by atoms with E-state index in [9.17, 15) is 15.0 Å². The number of rotatable bonds is 4. The van der Waals surface area contributed by atoms with E-state index in [1.165, 1.54) is 24.3 Å². The molecular formula is C20H15N3O4S2. The van der Waals surface area contributed by atoms with Crippen LogP contribution in [0, 0.1) is 3.95 Å². The van der Waals surface area contributed by atoms with E-state index >= 15 is 0 Å². The SMILES string of the molecule is COc1ccc2c(c1)/C(=C/c1sc(=S)n(NC(=O)c3ccc(O)cc3)c1O)C=N2. The fourth-order valence-corrected chi connectivity index (χ4v) is 3.99. The zero-order chi connectivity index (χ0) is 20.5. The van der Waals surface area contributed by atoms with Gasteiger partial charge < -0.3 is 14.9 Å². The first kappa shape index (κ1) is 18.9. The average Bonchev–Trinajstić information content (AvgIpc) is 3.24. The van der Waals surface area contributed by atoms with Crippen LogP contribution >= 0.6 is 23.6 Å². The van der Waals surface area contributed by atoms with Crippen molar-refractivity contribution < 1.29 is 19.7 Å². The number of phenols is 1. The molecule has 1 aliphatic rings. The van der Waals surface area contributed by atoms with Gasteiger partial charge in [0.1, 0.15) is 11.5 Å². The summed E-state index contributed by atoms with van der Waals surface area (Å²) in [5.41, 5.74) is 5.36. The average molecular weight is 425 g/mol. The highest BCUT2D eigenvalue weighted by atomic mass is 32.1. The van der Waals surface area contributed by atoms with Gasteiger partial charge in [-0.3, -0.25) is 15.2 Å². The number of hydrogen-bond donors (Lipinski definition) is 3. The monoisotopic (exact) mass is 425 g/mol. The first-order chi connectivity index (χ1) is 14.0. The molecule has 29 heavy (non-hydrogen) atoms. The van der Waals surface area contributed by atoms with E-state index < -0.39 is 5.91 Å². The molecule has 0 saturated carbocycles. The molecule has 0 fully saturated rings. The number of carbonyl (C=O) groups is 1. The molecule has 146 valence electrons. The third-order valence-electron chi connectivity index (χ3n) is 4.30. The summed E-state index contributed by atoms with van der Waals surface area (Å²) in [5, 5.41) is 19.9. The van der Waals surface area contributed by atoms with Crippen LogP contribution in [-0.2, 0) is 0 Å². The minimum Gasteiger partial charge on any atom is -0.508 e. The molecule has 1 amide bonds. The summed E-state index contributed by atoms with van der Waals surface area (Å²) < 4.78 is 6.70. The maximum atomic E-state index is 12.4. The number of allylic oxidation sites excluding steroid dienone is 1. The van der Waals surface area contributed by atoms with E-state index in [0.29, 0.717) is 16.2 Å². The third-order valence-corrected chi connectivity index (χ3v) is 5.61. The Bertz CT molecular complexity index is 1220. The number of nitrogens with one attached hydrogen (secondary N) is 1. The van der Waals surface area contributed by atoms with Crippen LogP contribution in [0.1, 0.15) is 20.8 Å². The Morgan fingerprint density at radius 3 is 2.72 bits per heavy atom. The summed E-state index contributed by atoms with van der Waals surface area (Å²) in [7, 11) is 1.59. The number of ether oxygens (including phenoxy) is 1. The van der Waals surface area contributed by atoms with E-state index in [-0.39, 0.29) is 15.6 Å². The summed E-state index contributed by atoms with van der Waals surface area (Å²) in [5.74, 6) is 0.117. The van der Waals surface area contributed by atoms with Gasteiger partial charge in [0.15, 0.2) is 3.95 Å². The molecule has 7 nitrogen and oxygen atoms in total. The molecule has 1 aromatic heterocycles. The second-order valence-electron chi connectivity index (χ2n) is 6.12. The van der Waals surface area contributed by atoms with Crippen molar-refractivity contribution in [1.82, 2.24) is 4.68 Å². The first-order valence-corrected chi connectivity index (χ1v) is 9.68. The predicted molar refractivity (Wildman–Crippen MR) is 116 cm³/mol. The summed E-state index contributed by atoms with van der Waals surface area (Å²) in [6, 6.07) is 11.3. The van der Waals surface area contributed by atoms with Gasteiger partial charge in [0.2, 0.25) is 5.88 Å². The maximum absolute atomic E-state index is 12.4. The molecule has 3 aromatic rings. The van der Waals surface area contributed by atoms with Gasteiger partial charge in [-0.2, -0.15) is 4.68 Å². The number of benzene rings is 2. The lowest BCUT2D eigenvalue weighted by Crippen LogP contribution is -2.22. The fraction of sp³-hybridized carbons (Fsp3) is 0.0500. The fourth-order valence-electron chi connectivity index (χ4n) is 2.80. The predicted octanol–water partition coefficient (Wildman–Crippen LogP) is 4.34. The summed E-state index contributed by atoms with van der Waals surface area (Å²) in [6.45, 7) is 0. The molecule has 0 spiro atoms. The van der Waals surface area contributed by atoms with Crippen LogP contribution in [0.5, 0.6) is 17.4 Å². The summed E-state index contributed by atoms with van der Waals surface area (Å²) in [4.78, 5) is 17.2. The Labute approximate surface area is 174 Å². The van der Waals surface area contributed by atoms with Gasteiger partial charge >= 0.3 is 0 Å². The lowest BCUT2D eigenvalue weighted by Gasteiger charge is -2.07. The maximum Gasteiger partial charge on any atom is 0.270 e. The lowest BCUT2D eigenvalue weighted by atomic mass is 10.1. The highest BCUT2D eigenvalue weighted by Gasteiger charge is 2.18. The highest BCUT2D eigenvalue weighted by molar-refractivity contribution is 7.73. The standard InChI is InChI=1S/C20H15N3O4S2/c1-27-14-6-7-16-15(9-14)12(10-21-16)8-17-19(26)23(20(28)29-17)22-18(25)11-2-4-13(24)5-3-11/h2-10,24,26H,1H3,(H,22,25)/b12-8+. The van der Waals surface area contributed by atoms with E-state index in [2.05, 4.69) is 10.4 Å². The molecule has 0 aliphatic carbocycles. The van der Waals surface area contributed by atoms with E-state index in [1.807, 2.05) is 18.2 Å². The second-order valence-corrected chi connectivity index (χ2v) is 7.80. The topological polar surface area (TPSA) is 96.1 Å². The van der Waals surface area contributed by atoms with Crippen molar-refractivity contribution in [2.45, 2.75) is 0 Å². The molecule has 4 rings (SSSR count). The minimum absolute atomic E-state index is 0.0561. The number of phenolic OH excluding ortho intramolecular Hbond substituents is 1. The zero-order valence-electron chi connectivity index (χ0n) is 15.1. The van der Waals surface area contributed by atoms with Crippen molar-refractivity contribution in [2.24, 2.45) is 4.99 Å². The van der Waals surface area contributed by atoms with Crippen LogP contribution in [0.15, 0.2) is 47.5 Å². The largest absolute Gasteiger partial charge is 0.508 e. The molecule has 9 heteroatoms. The molecule has 0 saturated heterocycles. The summed E-state index contributed by atoms with van der Waals surface area (Å²) >= 11 is 6.45. The number of aliphatic imine (C=N–C) groups is 1. The zero-order valence-corrected chi connectivity index (χ0v) is 16.8. The number of aromatic nitrogens is 1. The minimum atomic E-state index is -0.467. The van der Waals surface area contributed by atoms with Gasteiger partial charge in [-0.15, -0.1) is 0 Å². The van der Waals surface area contributed by atoms with Crippen LogP contribution < -0.4 is 10.2 Å². The number of fused-ring (bicyclic) bond motifs is 1. The quantitative estimate of drug-likeness (QED) is 0.541. The van der Waals surface area contributed by atoms with Crippen molar-refractivity contribution in [2.75, 3.05) is 12.5 Å². The van der Waals surface area contributed by atoms with Crippen LogP contribution in [-0.4, -0.2) is 34.1 Å². The Kier molecular flexibility index (Phi) is 4.91. The van der Waals surface area contributed by atoms with Crippen LogP contribution in [0.4, 0.5) is 5.69 Å².